The molecule has 0 N–H and O–H groups in total. The maximum atomic E-state index is 10.9. The molecule has 2 saturated carbocycles. The fraction of sp³-hybridized carbons (Fsp3) is 0.833. The fourth-order valence-electron chi connectivity index (χ4n) is 3.21. The third-order valence-corrected chi connectivity index (χ3v) is 3.71. The lowest BCUT2D eigenvalue weighted by molar-refractivity contribution is -0.150. The van der Waals surface area contributed by atoms with E-state index in [1.54, 1.807) is 0 Å². The van der Waals surface area contributed by atoms with Gasteiger partial charge in [0.1, 0.15) is 12.2 Å². The van der Waals surface area contributed by atoms with Crippen LogP contribution in [0.25, 0.3) is 0 Å². The van der Waals surface area contributed by atoms with Crippen LogP contribution in [0.2, 0.25) is 0 Å². The van der Waals surface area contributed by atoms with Crippen molar-refractivity contribution in [3.8, 4) is 0 Å². The molecular formula is C12H18O4. The maximum absolute atomic E-state index is 10.9. The summed E-state index contributed by atoms with van der Waals surface area (Å²) in [6.07, 6.45) is 3.91. The Balaban J connectivity index is 1.95. The van der Waals surface area contributed by atoms with Gasteiger partial charge in [-0.2, -0.15) is 0 Å². The van der Waals surface area contributed by atoms with Crippen LogP contribution in [-0.4, -0.2) is 24.1 Å². The summed E-state index contributed by atoms with van der Waals surface area (Å²) in [5, 5.41) is 0. The molecule has 0 amide bonds. The molecule has 0 aromatic carbocycles. The van der Waals surface area contributed by atoms with Crippen LogP contribution < -0.4 is 0 Å². The van der Waals surface area contributed by atoms with Crippen molar-refractivity contribution in [1.82, 2.24) is 0 Å². The van der Waals surface area contributed by atoms with Crippen molar-refractivity contribution in [2.24, 2.45) is 11.8 Å². The first-order valence-corrected chi connectivity index (χ1v) is 5.92. The zero-order valence-electron chi connectivity index (χ0n) is 9.77. The average molecular weight is 226 g/mol. The Morgan fingerprint density at radius 1 is 0.812 bits per heavy atom. The van der Waals surface area contributed by atoms with E-state index in [2.05, 4.69) is 0 Å². The van der Waals surface area contributed by atoms with Crippen molar-refractivity contribution in [2.45, 2.75) is 51.7 Å². The number of rotatable bonds is 2. The van der Waals surface area contributed by atoms with Crippen molar-refractivity contribution < 1.29 is 19.1 Å². The Morgan fingerprint density at radius 3 is 1.50 bits per heavy atom. The third kappa shape index (κ3) is 2.20. The van der Waals surface area contributed by atoms with Crippen molar-refractivity contribution in [3.63, 3.8) is 0 Å². The molecule has 4 atom stereocenters. The van der Waals surface area contributed by atoms with Crippen molar-refractivity contribution in [3.05, 3.63) is 0 Å². The van der Waals surface area contributed by atoms with Crippen molar-refractivity contribution >= 4 is 11.9 Å². The van der Waals surface area contributed by atoms with Crippen molar-refractivity contribution in [1.29, 1.82) is 0 Å². The summed E-state index contributed by atoms with van der Waals surface area (Å²) in [4.78, 5) is 21.9. The minimum atomic E-state index is -0.207. The summed E-state index contributed by atoms with van der Waals surface area (Å²) in [6.45, 7) is 2.90. The normalized spacial score (nSPS) is 36.9. The molecule has 2 fully saturated rings. The molecule has 2 rings (SSSR count). The van der Waals surface area contributed by atoms with Gasteiger partial charge in [-0.1, -0.05) is 0 Å². The lowest BCUT2D eigenvalue weighted by Crippen LogP contribution is -2.25. The van der Waals surface area contributed by atoms with Gasteiger partial charge in [0.15, 0.2) is 0 Å². The van der Waals surface area contributed by atoms with Gasteiger partial charge in [0, 0.05) is 25.7 Å². The van der Waals surface area contributed by atoms with E-state index in [1.165, 1.54) is 13.8 Å². The molecule has 0 saturated heterocycles. The summed E-state index contributed by atoms with van der Waals surface area (Å²) in [5.74, 6) is 0.379. The minimum absolute atomic E-state index is 0.0445. The van der Waals surface area contributed by atoms with Crippen LogP contribution >= 0.6 is 0 Å². The highest BCUT2D eigenvalue weighted by atomic mass is 16.6. The van der Waals surface area contributed by atoms with E-state index in [9.17, 15) is 9.59 Å². The molecule has 4 nitrogen and oxygen atoms in total. The van der Waals surface area contributed by atoms with Gasteiger partial charge in [-0.15, -0.1) is 0 Å². The second-order valence-corrected chi connectivity index (χ2v) is 4.78. The Bertz CT molecular complexity index is 269. The largest absolute Gasteiger partial charge is 0.462 e. The van der Waals surface area contributed by atoms with Gasteiger partial charge in [0.05, 0.1) is 0 Å². The molecule has 0 spiro atoms. The molecule has 0 aliphatic heterocycles. The maximum Gasteiger partial charge on any atom is 0.302 e. The first-order chi connectivity index (χ1) is 7.58. The van der Waals surface area contributed by atoms with Crippen LogP contribution in [0.4, 0.5) is 0 Å². The van der Waals surface area contributed by atoms with Crippen molar-refractivity contribution in [2.75, 3.05) is 0 Å². The molecule has 90 valence electrons. The lowest BCUT2D eigenvalue weighted by Gasteiger charge is -2.20. The van der Waals surface area contributed by atoms with Crippen LogP contribution in [0.15, 0.2) is 0 Å². The highest BCUT2D eigenvalue weighted by Crippen LogP contribution is 2.46. The molecule has 0 bridgehead atoms. The molecule has 0 aromatic rings. The minimum Gasteiger partial charge on any atom is -0.462 e. The molecule has 2 aliphatic rings. The summed E-state index contributed by atoms with van der Waals surface area (Å²) in [5.41, 5.74) is 0. The van der Waals surface area contributed by atoms with Crippen LogP contribution in [0.1, 0.15) is 39.5 Å². The Labute approximate surface area is 95.3 Å². The quantitative estimate of drug-likeness (QED) is 0.672. The summed E-state index contributed by atoms with van der Waals surface area (Å²) >= 11 is 0. The topological polar surface area (TPSA) is 52.6 Å². The summed E-state index contributed by atoms with van der Waals surface area (Å²) < 4.78 is 10.6. The van der Waals surface area contributed by atoms with Gasteiger partial charge in [-0.05, 0) is 25.7 Å². The lowest BCUT2D eigenvalue weighted by atomic mass is 9.98. The molecule has 0 radical (unpaired) electrons. The number of hydrogen-bond acceptors (Lipinski definition) is 4. The van der Waals surface area contributed by atoms with Crippen LogP contribution in [0, 0.1) is 11.8 Å². The van der Waals surface area contributed by atoms with Gasteiger partial charge >= 0.3 is 11.9 Å². The first-order valence-electron chi connectivity index (χ1n) is 5.92. The molecule has 16 heavy (non-hydrogen) atoms. The van der Waals surface area contributed by atoms with Gasteiger partial charge < -0.3 is 9.47 Å². The number of fused-ring (bicyclic) bond motifs is 1. The molecular weight excluding hydrogens is 208 g/mol. The second-order valence-electron chi connectivity index (χ2n) is 4.78. The van der Waals surface area contributed by atoms with E-state index in [0.29, 0.717) is 11.8 Å². The number of carbonyl (C=O) groups is 2. The molecule has 0 heterocycles. The summed E-state index contributed by atoms with van der Waals surface area (Å²) in [7, 11) is 0. The van der Waals surface area contributed by atoms with E-state index in [0.717, 1.165) is 25.7 Å². The number of carbonyl (C=O) groups excluding carboxylic acids is 2. The molecule has 0 unspecified atom stereocenters. The smallest absolute Gasteiger partial charge is 0.302 e. The van der Waals surface area contributed by atoms with E-state index in [4.69, 9.17) is 9.47 Å². The molecule has 4 heteroatoms. The zero-order valence-corrected chi connectivity index (χ0v) is 9.77. The summed E-state index contributed by atoms with van der Waals surface area (Å²) in [6, 6.07) is 0. The van der Waals surface area contributed by atoms with Gasteiger partial charge in [-0.25, -0.2) is 0 Å². The Hall–Kier alpha value is -1.06. The molecule has 2 aliphatic carbocycles. The Kier molecular flexibility index (Phi) is 3.17. The van der Waals surface area contributed by atoms with Gasteiger partial charge in [0.2, 0.25) is 0 Å². The highest BCUT2D eigenvalue weighted by Gasteiger charge is 2.47. The monoisotopic (exact) mass is 226 g/mol. The standard InChI is InChI=1S/C12H18O4/c1-7(13)15-11-5-3-10-9(11)4-6-12(10)16-8(2)14/h9-12H,3-6H2,1-2H3/t9-,10-,11+,12+/m0/s1. The predicted octanol–water partition coefficient (Wildman–Crippen LogP) is 1.67. The number of esters is 2. The third-order valence-electron chi connectivity index (χ3n) is 3.71. The molecule has 0 aromatic heterocycles. The number of ether oxygens (including phenoxy) is 2. The van der Waals surface area contributed by atoms with Crippen LogP contribution in [0.3, 0.4) is 0 Å². The second kappa shape index (κ2) is 4.44. The zero-order chi connectivity index (χ0) is 11.7. The highest BCUT2D eigenvalue weighted by molar-refractivity contribution is 5.66. The van der Waals surface area contributed by atoms with Crippen LogP contribution in [0.5, 0.6) is 0 Å². The van der Waals surface area contributed by atoms with E-state index in [1.807, 2.05) is 0 Å². The van der Waals surface area contributed by atoms with Crippen LogP contribution in [-0.2, 0) is 19.1 Å². The predicted molar refractivity (Wildman–Crippen MR) is 56.6 cm³/mol. The number of hydrogen-bond donors (Lipinski definition) is 0. The van der Waals surface area contributed by atoms with E-state index in [-0.39, 0.29) is 24.1 Å². The first kappa shape index (κ1) is 11.4. The SMILES string of the molecule is CC(=O)O[C@@H]1CC[C@H]2[C@@H]1CC[C@H]2OC(C)=O. The van der Waals surface area contributed by atoms with E-state index < -0.39 is 0 Å². The Morgan fingerprint density at radius 2 is 1.19 bits per heavy atom. The average Bonchev–Trinajstić information content (AvgIpc) is 2.70. The van der Waals surface area contributed by atoms with Gasteiger partial charge in [0.25, 0.3) is 0 Å². The van der Waals surface area contributed by atoms with E-state index >= 15 is 0 Å². The van der Waals surface area contributed by atoms with Gasteiger partial charge in [-0.3, -0.25) is 9.59 Å². The fourth-order valence-corrected chi connectivity index (χ4v) is 3.21.